The summed E-state index contributed by atoms with van der Waals surface area (Å²) < 4.78 is 2.28. The van der Waals surface area contributed by atoms with Gasteiger partial charge in [-0.05, 0) is 30.0 Å². The van der Waals surface area contributed by atoms with Crippen LogP contribution in [0.2, 0.25) is 0 Å². The highest BCUT2D eigenvalue weighted by atomic mass is 14.9. The van der Waals surface area contributed by atoms with Crippen molar-refractivity contribution in [3.63, 3.8) is 0 Å². The quantitative estimate of drug-likeness (QED) is 0.778. The van der Waals surface area contributed by atoms with Crippen LogP contribution in [0.1, 0.15) is 51.4 Å². The molecule has 0 fully saturated rings. The summed E-state index contributed by atoms with van der Waals surface area (Å²) in [5, 5.41) is 8.87. The first-order valence-electron chi connectivity index (χ1n) is 8.50. The minimum Gasteiger partial charge on any atom is -0.260 e. The number of nitrogens with zero attached hydrogens (tertiary/aromatic N) is 3. The van der Waals surface area contributed by atoms with Gasteiger partial charge in [0, 0.05) is 35.4 Å². The smallest absolute Gasteiger partial charge is 0.172 e. The highest BCUT2D eigenvalue weighted by Gasteiger charge is 2.25. The number of rotatable bonds is 5. The van der Waals surface area contributed by atoms with E-state index in [1.807, 2.05) is 12.1 Å². The molecule has 2 aromatic rings. The van der Waals surface area contributed by atoms with Gasteiger partial charge in [-0.2, -0.15) is 5.26 Å². The first-order valence-corrected chi connectivity index (χ1v) is 8.50. The molecule has 0 amide bonds. The fourth-order valence-corrected chi connectivity index (χ4v) is 3.03. The van der Waals surface area contributed by atoms with E-state index >= 15 is 0 Å². The minimum atomic E-state index is 0.0895. The number of hydrogen-bond acceptors (Lipinski definition) is 2. The van der Waals surface area contributed by atoms with Gasteiger partial charge >= 0.3 is 0 Å². The second-order valence-electron chi connectivity index (χ2n) is 8.61. The molecule has 3 nitrogen and oxygen atoms in total. The van der Waals surface area contributed by atoms with E-state index in [2.05, 4.69) is 74.8 Å². The molecule has 0 saturated carbocycles. The van der Waals surface area contributed by atoms with Crippen molar-refractivity contribution in [1.29, 1.82) is 5.26 Å². The molecule has 0 aromatic carbocycles. The Bertz CT molecular complexity index is 716. The van der Waals surface area contributed by atoms with Crippen LogP contribution in [-0.2, 0) is 19.4 Å². The van der Waals surface area contributed by atoms with Gasteiger partial charge in [-0.25, -0.2) is 4.57 Å². The summed E-state index contributed by atoms with van der Waals surface area (Å²) in [4.78, 5) is 4.41. The van der Waals surface area contributed by atoms with E-state index in [9.17, 15) is 0 Å². The van der Waals surface area contributed by atoms with Crippen LogP contribution in [0.25, 0.3) is 0 Å². The maximum Gasteiger partial charge on any atom is 0.172 e. The van der Waals surface area contributed by atoms with Crippen molar-refractivity contribution in [1.82, 2.24) is 4.98 Å². The Labute approximate surface area is 146 Å². The highest BCUT2D eigenvalue weighted by molar-refractivity contribution is 5.26. The summed E-state index contributed by atoms with van der Waals surface area (Å²) in [5.41, 5.74) is 3.40. The first kappa shape index (κ1) is 18.1. The van der Waals surface area contributed by atoms with Crippen molar-refractivity contribution < 1.29 is 4.57 Å². The van der Waals surface area contributed by atoms with E-state index in [0.29, 0.717) is 11.0 Å². The second kappa shape index (κ2) is 7.13. The molecule has 2 aromatic heterocycles. The van der Waals surface area contributed by atoms with Gasteiger partial charge in [-0.15, -0.1) is 0 Å². The van der Waals surface area contributed by atoms with Crippen LogP contribution in [-0.4, -0.2) is 4.98 Å². The number of nitriles is 1. The highest BCUT2D eigenvalue weighted by Crippen LogP contribution is 2.22. The lowest BCUT2D eigenvalue weighted by Gasteiger charge is -2.21. The predicted octanol–water partition coefficient (Wildman–Crippen LogP) is 4.10. The van der Waals surface area contributed by atoms with Crippen molar-refractivity contribution >= 4 is 0 Å². The van der Waals surface area contributed by atoms with Crippen molar-refractivity contribution in [2.75, 3.05) is 0 Å². The van der Waals surface area contributed by atoms with E-state index < -0.39 is 0 Å². The molecular weight excluding hydrogens is 294 g/mol. The lowest BCUT2D eigenvalue weighted by atomic mass is 9.86. The summed E-state index contributed by atoms with van der Waals surface area (Å²) in [6.07, 6.45) is 8.02. The fraction of sp³-hybridized carbons (Fsp3) is 0.476. The lowest BCUT2D eigenvalue weighted by molar-refractivity contribution is -0.709. The molecule has 2 rings (SSSR count). The van der Waals surface area contributed by atoms with Crippen LogP contribution in [0, 0.1) is 22.2 Å². The van der Waals surface area contributed by atoms with Gasteiger partial charge in [-0.3, -0.25) is 4.98 Å². The van der Waals surface area contributed by atoms with Crippen LogP contribution in [0.15, 0.2) is 42.9 Å². The Hall–Kier alpha value is -2.21. The molecule has 0 N–H and O–H groups in total. The maximum absolute atomic E-state index is 8.87. The van der Waals surface area contributed by atoms with Crippen molar-refractivity contribution in [3.05, 3.63) is 59.7 Å². The van der Waals surface area contributed by atoms with Crippen LogP contribution in [0.5, 0.6) is 0 Å². The van der Waals surface area contributed by atoms with E-state index in [1.165, 1.54) is 5.56 Å². The Balaban J connectivity index is 2.07. The molecule has 0 aliphatic rings. The first-order chi connectivity index (χ1) is 11.2. The van der Waals surface area contributed by atoms with E-state index in [4.69, 9.17) is 5.26 Å². The molecule has 0 atom stereocenters. The number of aromatic nitrogens is 2. The monoisotopic (exact) mass is 322 g/mol. The Morgan fingerprint density at radius 2 is 1.83 bits per heavy atom. The van der Waals surface area contributed by atoms with Crippen molar-refractivity contribution in [2.45, 2.75) is 54.0 Å². The maximum atomic E-state index is 8.87. The van der Waals surface area contributed by atoms with Gasteiger partial charge in [-0.1, -0.05) is 34.6 Å². The number of pyridine rings is 2. The molecule has 3 heteroatoms. The summed E-state index contributed by atoms with van der Waals surface area (Å²) in [6.45, 7) is 12.3. The Morgan fingerprint density at radius 1 is 1.08 bits per heavy atom. The van der Waals surface area contributed by atoms with Crippen LogP contribution in [0.3, 0.4) is 0 Å². The van der Waals surface area contributed by atoms with E-state index in [0.717, 1.165) is 25.1 Å². The van der Waals surface area contributed by atoms with Crippen LogP contribution in [0.4, 0.5) is 0 Å². The van der Waals surface area contributed by atoms with Crippen LogP contribution >= 0.6 is 0 Å². The zero-order chi connectivity index (χ0) is 17.8. The number of hydrogen-bond donors (Lipinski definition) is 0. The molecule has 0 aliphatic carbocycles. The van der Waals surface area contributed by atoms with Crippen molar-refractivity contribution in [3.8, 4) is 6.07 Å². The molecule has 0 bridgehead atoms. The lowest BCUT2D eigenvalue weighted by Crippen LogP contribution is -2.42. The van der Waals surface area contributed by atoms with Gasteiger partial charge in [0.1, 0.15) is 6.07 Å². The summed E-state index contributed by atoms with van der Waals surface area (Å²) >= 11 is 0. The Kier molecular flexibility index (Phi) is 5.39. The third kappa shape index (κ3) is 5.77. The SMILES string of the molecule is CC(C)(C)Cc1ccc[n+](CC(C)(C)Cc2ccc(C#N)cn2)c1. The van der Waals surface area contributed by atoms with Gasteiger partial charge in [0.05, 0.1) is 5.56 Å². The van der Waals surface area contributed by atoms with Gasteiger partial charge in [0.25, 0.3) is 0 Å². The largest absolute Gasteiger partial charge is 0.260 e. The molecule has 0 spiro atoms. The predicted molar refractivity (Wildman–Crippen MR) is 96.2 cm³/mol. The Morgan fingerprint density at radius 3 is 2.42 bits per heavy atom. The normalized spacial score (nSPS) is 12.0. The van der Waals surface area contributed by atoms with E-state index in [1.54, 1.807) is 6.20 Å². The molecule has 126 valence electrons. The van der Waals surface area contributed by atoms with Gasteiger partial charge in [0.2, 0.25) is 0 Å². The topological polar surface area (TPSA) is 40.6 Å². The molecular formula is C21H28N3+. The summed E-state index contributed by atoms with van der Waals surface area (Å²) in [5.74, 6) is 0. The van der Waals surface area contributed by atoms with Crippen LogP contribution < -0.4 is 4.57 Å². The fourth-order valence-electron chi connectivity index (χ4n) is 3.03. The van der Waals surface area contributed by atoms with Gasteiger partial charge in [0.15, 0.2) is 18.9 Å². The molecule has 0 aliphatic heterocycles. The van der Waals surface area contributed by atoms with Crippen molar-refractivity contribution in [2.24, 2.45) is 10.8 Å². The molecule has 24 heavy (non-hydrogen) atoms. The molecule has 2 heterocycles. The average Bonchev–Trinajstić information content (AvgIpc) is 2.45. The zero-order valence-corrected chi connectivity index (χ0v) is 15.5. The molecule has 0 unspecified atom stereocenters. The molecule has 0 radical (unpaired) electrons. The summed E-state index contributed by atoms with van der Waals surface area (Å²) in [6, 6.07) is 10.3. The average molecular weight is 322 g/mol. The minimum absolute atomic E-state index is 0.0895. The molecule has 0 saturated heterocycles. The van der Waals surface area contributed by atoms with Gasteiger partial charge < -0.3 is 0 Å². The second-order valence-corrected chi connectivity index (χ2v) is 8.61. The third-order valence-corrected chi connectivity index (χ3v) is 3.88. The zero-order valence-electron chi connectivity index (χ0n) is 15.5. The standard InChI is InChI=1S/C21H28N3/c1-20(2,3)11-17-7-6-10-24(15-17)16-21(4,5)12-19-9-8-18(13-22)14-23-19/h6-10,14-15H,11-12,16H2,1-5H3/q+1. The summed E-state index contributed by atoms with van der Waals surface area (Å²) in [7, 11) is 0. The van der Waals surface area contributed by atoms with E-state index in [-0.39, 0.29) is 5.41 Å². The third-order valence-electron chi connectivity index (χ3n) is 3.88.